The molecule has 1 aromatic heterocycles. The summed E-state index contributed by atoms with van der Waals surface area (Å²) in [7, 11) is 0. The number of carbonyl (C=O) groups excluding carboxylic acids is 2. The summed E-state index contributed by atoms with van der Waals surface area (Å²) in [5, 5.41) is 2.84. The van der Waals surface area contributed by atoms with Crippen LogP contribution in [0.15, 0.2) is 77.4 Å². The van der Waals surface area contributed by atoms with Gasteiger partial charge in [0.1, 0.15) is 0 Å². The highest BCUT2D eigenvalue weighted by Gasteiger charge is 2.22. The van der Waals surface area contributed by atoms with Crippen LogP contribution in [0, 0.1) is 6.92 Å². The number of anilines is 1. The lowest BCUT2D eigenvalue weighted by molar-refractivity contribution is 0.0650. The zero-order chi connectivity index (χ0) is 22.3. The van der Waals surface area contributed by atoms with Gasteiger partial charge in [0.25, 0.3) is 11.8 Å². The molecule has 0 aliphatic carbocycles. The molecule has 1 saturated heterocycles. The van der Waals surface area contributed by atoms with Crippen LogP contribution in [-0.4, -0.2) is 54.3 Å². The highest BCUT2D eigenvalue weighted by atomic mass is 16.3. The minimum Gasteiger partial charge on any atom is -0.459 e. The quantitative estimate of drug-likeness (QED) is 0.634. The summed E-state index contributed by atoms with van der Waals surface area (Å²) in [4.78, 5) is 29.6. The summed E-state index contributed by atoms with van der Waals surface area (Å²) >= 11 is 0. The van der Waals surface area contributed by atoms with Gasteiger partial charge in [0.15, 0.2) is 5.76 Å². The molecule has 6 nitrogen and oxygen atoms in total. The topological polar surface area (TPSA) is 65.8 Å². The van der Waals surface area contributed by atoms with Crippen LogP contribution in [0.2, 0.25) is 0 Å². The highest BCUT2D eigenvalue weighted by molar-refractivity contribution is 6.04. The zero-order valence-corrected chi connectivity index (χ0v) is 18.2. The van der Waals surface area contributed by atoms with E-state index >= 15 is 0 Å². The number of hydrogen-bond donors (Lipinski definition) is 1. The predicted molar refractivity (Wildman–Crippen MR) is 126 cm³/mol. The van der Waals surface area contributed by atoms with E-state index in [1.807, 2.05) is 42.2 Å². The van der Waals surface area contributed by atoms with Crippen LogP contribution in [0.5, 0.6) is 0 Å². The molecule has 164 valence electrons. The molecule has 0 atom stereocenters. The summed E-state index contributed by atoms with van der Waals surface area (Å²) in [6.07, 6.45) is 5.75. The Morgan fingerprint density at radius 3 is 2.50 bits per heavy atom. The van der Waals surface area contributed by atoms with Crippen LogP contribution in [-0.2, 0) is 0 Å². The summed E-state index contributed by atoms with van der Waals surface area (Å²) in [5.74, 6) is -0.114. The molecule has 2 heterocycles. The Labute approximate surface area is 188 Å². The van der Waals surface area contributed by atoms with E-state index in [4.69, 9.17) is 4.42 Å². The van der Waals surface area contributed by atoms with E-state index in [1.165, 1.54) is 11.8 Å². The number of carbonyl (C=O) groups is 2. The average molecular weight is 430 g/mol. The lowest BCUT2D eigenvalue weighted by Crippen LogP contribution is -2.48. The molecule has 0 bridgehead atoms. The number of rotatable bonds is 6. The standard InChI is InChI=1S/C26H27N3O3/c1-20-11-12-22(19-23(20)27-25(30)24-10-6-18-32-24)26(31)29-16-14-28(15-17-29)13-5-9-21-7-3-2-4-8-21/h2-12,18-19H,13-17H2,1H3,(H,27,30)/b9-5+. The lowest BCUT2D eigenvalue weighted by Gasteiger charge is -2.34. The van der Waals surface area contributed by atoms with Gasteiger partial charge in [-0.15, -0.1) is 0 Å². The first kappa shape index (κ1) is 21.6. The van der Waals surface area contributed by atoms with Crippen molar-refractivity contribution in [3.63, 3.8) is 0 Å². The fraction of sp³-hybridized carbons (Fsp3) is 0.231. The molecule has 1 N–H and O–H groups in total. The third kappa shape index (κ3) is 5.34. The molecule has 0 spiro atoms. The molecular formula is C26H27N3O3. The molecule has 4 rings (SSSR count). The Balaban J connectivity index is 1.33. The largest absolute Gasteiger partial charge is 0.459 e. The number of nitrogens with one attached hydrogen (secondary N) is 1. The Morgan fingerprint density at radius 2 is 1.78 bits per heavy atom. The molecule has 2 amide bonds. The van der Waals surface area contributed by atoms with E-state index in [9.17, 15) is 9.59 Å². The number of furan rings is 1. The van der Waals surface area contributed by atoms with Crippen molar-refractivity contribution in [1.29, 1.82) is 0 Å². The molecule has 0 radical (unpaired) electrons. The van der Waals surface area contributed by atoms with Crippen LogP contribution in [0.3, 0.4) is 0 Å². The van der Waals surface area contributed by atoms with E-state index in [0.717, 1.165) is 25.2 Å². The molecule has 0 unspecified atom stereocenters. The number of aryl methyl sites for hydroxylation is 1. The molecule has 3 aromatic rings. The minimum absolute atomic E-state index is 0.0158. The van der Waals surface area contributed by atoms with Crippen molar-refractivity contribution in [3.05, 3.63) is 95.5 Å². The highest BCUT2D eigenvalue weighted by Crippen LogP contribution is 2.20. The lowest BCUT2D eigenvalue weighted by atomic mass is 10.1. The normalized spacial score (nSPS) is 14.6. The van der Waals surface area contributed by atoms with Crippen molar-refractivity contribution in [2.24, 2.45) is 0 Å². The number of hydrogen-bond acceptors (Lipinski definition) is 4. The summed E-state index contributed by atoms with van der Waals surface area (Å²) in [6.45, 7) is 5.79. The number of nitrogens with zero attached hydrogens (tertiary/aromatic N) is 2. The summed E-state index contributed by atoms with van der Waals surface area (Å²) in [6, 6.07) is 18.9. The van der Waals surface area contributed by atoms with E-state index in [-0.39, 0.29) is 17.6 Å². The second kappa shape index (κ2) is 10.1. The Bertz CT molecular complexity index is 1080. The zero-order valence-electron chi connectivity index (χ0n) is 18.2. The van der Waals surface area contributed by atoms with Crippen molar-refractivity contribution >= 4 is 23.6 Å². The molecule has 0 saturated carbocycles. The molecule has 2 aromatic carbocycles. The molecule has 1 aliphatic rings. The second-order valence-electron chi connectivity index (χ2n) is 7.87. The van der Waals surface area contributed by atoms with Crippen LogP contribution in [0.1, 0.15) is 32.0 Å². The number of piperazine rings is 1. The summed E-state index contributed by atoms with van der Waals surface area (Å²) < 4.78 is 5.15. The molecule has 1 aliphatic heterocycles. The maximum atomic E-state index is 13.0. The third-order valence-corrected chi connectivity index (χ3v) is 5.61. The second-order valence-corrected chi connectivity index (χ2v) is 7.87. The first-order valence-electron chi connectivity index (χ1n) is 10.8. The van der Waals surface area contributed by atoms with Gasteiger partial charge in [-0.25, -0.2) is 0 Å². The molecule has 1 fully saturated rings. The van der Waals surface area contributed by atoms with E-state index < -0.39 is 0 Å². The minimum atomic E-state index is -0.333. The van der Waals surface area contributed by atoms with Gasteiger partial charge < -0.3 is 14.6 Å². The van der Waals surface area contributed by atoms with Gasteiger partial charge in [0.05, 0.1) is 6.26 Å². The average Bonchev–Trinajstić information content (AvgIpc) is 3.36. The smallest absolute Gasteiger partial charge is 0.291 e. The number of amides is 2. The van der Waals surface area contributed by atoms with Crippen LogP contribution in [0.4, 0.5) is 5.69 Å². The van der Waals surface area contributed by atoms with Gasteiger partial charge in [-0.3, -0.25) is 14.5 Å². The van der Waals surface area contributed by atoms with Gasteiger partial charge >= 0.3 is 0 Å². The fourth-order valence-corrected chi connectivity index (χ4v) is 3.70. The predicted octanol–water partition coefficient (Wildman–Crippen LogP) is 4.31. The summed E-state index contributed by atoms with van der Waals surface area (Å²) in [5.41, 5.74) is 3.26. The maximum Gasteiger partial charge on any atom is 0.291 e. The van der Waals surface area contributed by atoms with Gasteiger partial charge in [0, 0.05) is 44.0 Å². The van der Waals surface area contributed by atoms with Crippen molar-refractivity contribution < 1.29 is 14.0 Å². The van der Waals surface area contributed by atoms with Crippen molar-refractivity contribution in [2.45, 2.75) is 6.92 Å². The van der Waals surface area contributed by atoms with Gasteiger partial charge in [0.2, 0.25) is 0 Å². The first-order valence-corrected chi connectivity index (χ1v) is 10.8. The van der Waals surface area contributed by atoms with E-state index in [0.29, 0.717) is 24.3 Å². The monoisotopic (exact) mass is 429 g/mol. The van der Waals surface area contributed by atoms with Crippen LogP contribution >= 0.6 is 0 Å². The Morgan fingerprint density at radius 1 is 1.00 bits per heavy atom. The van der Waals surface area contributed by atoms with Crippen LogP contribution in [0.25, 0.3) is 6.08 Å². The molecular weight excluding hydrogens is 402 g/mol. The fourth-order valence-electron chi connectivity index (χ4n) is 3.70. The molecule has 32 heavy (non-hydrogen) atoms. The van der Waals surface area contributed by atoms with Crippen molar-refractivity contribution in [3.8, 4) is 0 Å². The number of benzene rings is 2. The van der Waals surface area contributed by atoms with Crippen molar-refractivity contribution in [1.82, 2.24) is 9.80 Å². The van der Waals surface area contributed by atoms with E-state index in [2.05, 4.69) is 34.5 Å². The Kier molecular flexibility index (Phi) is 6.82. The van der Waals surface area contributed by atoms with Gasteiger partial charge in [-0.1, -0.05) is 48.6 Å². The third-order valence-electron chi connectivity index (χ3n) is 5.61. The molecule has 6 heteroatoms. The maximum absolute atomic E-state index is 13.0. The van der Waals surface area contributed by atoms with E-state index in [1.54, 1.807) is 18.2 Å². The Hall–Kier alpha value is -3.64. The first-order chi connectivity index (χ1) is 15.6. The van der Waals surface area contributed by atoms with Crippen LogP contribution < -0.4 is 5.32 Å². The SMILES string of the molecule is Cc1ccc(C(=O)N2CCN(C/C=C/c3ccccc3)CC2)cc1NC(=O)c1ccco1. The van der Waals surface area contributed by atoms with Gasteiger partial charge in [-0.2, -0.15) is 0 Å². The van der Waals surface area contributed by atoms with Gasteiger partial charge in [-0.05, 0) is 42.3 Å². The van der Waals surface area contributed by atoms with Crippen molar-refractivity contribution in [2.75, 3.05) is 38.0 Å².